The van der Waals surface area contributed by atoms with E-state index in [-0.39, 0.29) is 29.7 Å². The van der Waals surface area contributed by atoms with Gasteiger partial charge in [-0.3, -0.25) is 9.59 Å². The number of hydrogen-bond acceptors (Lipinski definition) is 3. The lowest BCUT2D eigenvalue weighted by Crippen LogP contribution is -2.60. The average molecular weight is 239 g/mol. The summed E-state index contributed by atoms with van der Waals surface area (Å²) in [5, 5.41) is 6.04. The Hall–Kier alpha value is -1.10. The van der Waals surface area contributed by atoms with Gasteiger partial charge >= 0.3 is 0 Å². The zero-order chi connectivity index (χ0) is 12.4. The van der Waals surface area contributed by atoms with Gasteiger partial charge in [-0.05, 0) is 18.9 Å². The van der Waals surface area contributed by atoms with Crippen LogP contribution in [0.4, 0.5) is 0 Å². The minimum Gasteiger partial charge on any atom is -0.353 e. The molecule has 2 aliphatic rings. The van der Waals surface area contributed by atoms with Gasteiger partial charge in [0.05, 0.1) is 5.92 Å². The Kier molecular flexibility index (Phi) is 3.66. The molecule has 0 saturated carbocycles. The lowest BCUT2D eigenvalue weighted by atomic mass is 9.97. The summed E-state index contributed by atoms with van der Waals surface area (Å²) in [7, 11) is 0. The maximum absolute atomic E-state index is 12.4. The quantitative estimate of drug-likeness (QED) is 0.688. The number of amides is 2. The summed E-state index contributed by atoms with van der Waals surface area (Å²) in [6.07, 6.45) is 0.891. The van der Waals surface area contributed by atoms with Crippen molar-refractivity contribution in [3.05, 3.63) is 0 Å². The van der Waals surface area contributed by atoms with E-state index >= 15 is 0 Å². The van der Waals surface area contributed by atoms with Crippen molar-refractivity contribution in [3.63, 3.8) is 0 Å². The standard InChI is InChI=1S/C12H21N3O2/c1-8(2)10-11(16)14-5-6-15(10)12(17)9-3-4-13-7-9/h8-10,13H,3-7H2,1-2H3,(H,14,16)/t9-,10+/m0/s1. The highest BCUT2D eigenvalue weighted by Gasteiger charge is 2.38. The molecule has 2 atom stereocenters. The van der Waals surface area contributed by atoms with Crippen molar-refractivity contribution in [2.45, 2.75) is 26.3 Å². The van der Waals surface area contributed by atoms with Gasteiger partial charge in [-0.15, -0.1) is 0 Å². The van der Waals surface area contributed by atoms with Crippen molar-refractivity contribution in [1.82, 2.24) is 15.5 Å². The molecule has 0 aromatic carbocycles. The minimum atomic E-state index is -0.295. The maximum atomic E-state index is 12.4. The molecule has 0 bridgehead atoms. The van der Waals surface area contributed by atoms with E-state index in [1.165, 1.54) is 0 Å². The van der Waals surface area contributed by atoms with Crippen LogP contribution in [0.2, 0.25) is 0 Å². The number of piperazine rings is 1. The van der Waals surface area contributed by atoms with Crippen LogP contribution in [0.25, 0.3) is 0 Å². The van der Waals surface area contributed by atoms with Gasteiger partial charge in [0.2, 0.25) is 11.8 Å². The first-order valence-electron chi connectivity index (χ1n) is 6.40. The molecule has 5 nitrogen and oxygen atoms in total. The average Bonchev–Trinajstić information content (AvgIpc) is 2.80. The fourth-order valence-corrected chi connectivity index (χ4v) is 2.69. The van der Waals surface area contributed by atoms with Gasteiger partial charge in [0, 0.05) is 19.6 Å². The van der Waals surface area contributed by atoms with Crippen LogP contribution in [0.1, 0.15) is 20.3 Å². The summed E-state index contributed by atoms with van der Waals surface area (Å²) < 4.78 is 0. The summed E-state index contributed by atoms with van der Waals surface area (Å²) in [6.45, 7) is 6.86. The molecule has 2 amide bonds. The van der Waals surface area contributed by atoms with E-state index in [2.05, 4.69) is 10.6 Å². The van der Waals surface area contributed by atoms with E-state index in [0.717, 1.165) is 19.5 Å². The van der Waals surface area contributed by atoms with Crippen molar-refractivity contribution >= 4 is 11.8 Å². The normalized spacial score (nSPS) is 29.6. The Morgan fingerprint density at radius 2 is 2.18 bits per heavy atom. The molecule has 2 N–H and O–H groups in total. The first-order valence-corrected chi connectivity index (χ1v) is 6.40. The molecule has 0 aromatic rings. The number of hydrogen-bond donors (Lipinski definition) is 2. The number of carbonyl (C=O) groups is 2. The van der Waals surface area contributed by atoms with Gasteiger partial charge in [-0.2, -0.15) is 0 Å². The Labute approximate surface area is 102 Å². The summed E-state index contributed by atoms with van der Waals surface area (Å²) in [5.41, 5.74) is 0. The molecule has 17 heavy (non-hydrogen) atoms. The fourth-order valence-electron chi connectivity index (χ4n) is 2.69. The highest BCUT2D eigenvalue weighted by Crippen LogP contribution is 2.19. The third-order valence-electron chi connectivity index (χ3n) is 3.58. The molecule has 0 aromatic heterocycles. The first-order chi connectivity index (χ1) is 8.11. The van der Waals surface area contributed by atoms with Crippen molar-refractivity contribution in [3.8, 4) is 0 Å². The van der Waals surface area contributed by atoms with Crippen LogP contribution in [0.15, 0.2) is 0 Å². The molecular weight excluding hydrogens is 218 g/mol. The predicted octanol–water partition coefficient (Wildman–Crippen LogP) is -0.421. The van der Waals surface area contributed by atoms with Gasteiger partial charge in [0.15, 0.2) is 0 Å². The van der Waals surface area contributed by atoms with Crippen molar-refractivity contribution in [1.29, 1.82) is 0 Å². The molecule has 0 aliphatic carbocycles. The lowest BCUT2D eigenvalue weighted by Gasteiger charge is -2.38. The van der Waals surface area contributed by atoms with E-state index in [9.17, 15) is 9.59 Å². The molecule has 5 heteroatoms. The Morgan fingerprint density at radius 3 is 2.76 bits per heavy atom. The van der Waals surface area contributed by atoms with Crippen LogP contribution in [0.3, 0.4) is 0 Å². The second-order valence-corrected chi connectivity index (χ2v) is 5.20. The molecule has 2 aliphatic heterocycles. The van der Waals surface area contributed by atoms with Gasteiger partial charge < -0.3 is 15.5 Å². The van der Waals surface area contributed by atoms with E-state index in [4.69, 9.17) is 0 Å². The molecule has 0 radical (unpaired) electrons. The van der Waals surface area contributed by atoms with Crippen LogP contribution in [-0.2, 0) is 9.59 Å². The fraction of sp³-hybridized carbons (Fsp3) is 0.833. The molecule has 2 heterocycles. The summed E-state index contributed by atoms with van der Waals surface area (Å²) >= 11 is 0. The van der Waals surface area contributed by atoms with E-state index in [0.29, 0.717) is 13.1 Å². The molecule has 2 rings (SSSR count). The SMILES string of the molecule is CC(C)[C@@H]1C(=O)NCCN1C(=O)[C@H]1CCNC1. The smallest absolute Gasteiger partial charge is 0.243 e. The van der Waals surface area contributed by atoms with Gasteiger partial charge in [0.1, 0.15) is 6.04 Å². The second kappa shape index (κ2) is 5.04. The third kappa shape index (κ3) is 2.44. The molecular formula is C12H21N3O2. The number of nitrogens with one attached hydrogen (secondary N) is 2. The first kappa shape index (κ1) is 12.4. The third-order valence-corrected chi connectivity index (χ3v) is 3.58. The minimum absolute atomic E-state index is 0.00874. The largest absolute Gasteiger partial charge is 0.353 e. The zero-order valence-electron chi connectivity index (χ0n) is 10.5. The van der Waals surface area contributed by atoms with E-state index in [1.807, 2.05) is 13.8 Å². The highest BCUT2D eigenvalue weighted by molar-refractivity contribution is 5.90. The van der Waals surface area contributed by atoms with Crippen LogP contribution >= 0.6 is 0 Å². The van der Waals surface area contributed by atoms with Crippen molar-refractivity contribution < 1.29 is 9.59 Å². The highest BCUT2D eigenvalue weighted by atomic mass is 16.2. The van der Waals surface area contributed by atoms with Crippen LogP contribution in [-0.4, -0.2) is 48.9 Å². The number of nitrogens with zero attached hydrogens (tertiary/aromatic N) is 1. The number of rotatable bonds is 2. The van der Waals surface area contributed by atoms with Crippen LogP contribution < -0.4 is 10.6 Å². The summed E-state index contributed by atoms with van der Waals surface area (Å²) in [4.78, 5) is 26.0. The van der Waals surface area contributed by atoms with Crippen molar-refractivity contribution in [2.24, 2.45) is 11.8 Å². The molecule has 2 fully saturated rings. The van der Waals surface area contributed by atoms with Gasteiger partial charge in [-0.1, -0.05) is 13.8 Å². The molecule has 2 saturated heterocycles. The number of carbonyl (C=O) groups excluding carboxylic acids is 2. The van der Waals surface area contributed by atoms with E-state index in [1.54, 1.807) is 4.90 Å². The Bertz CT molecular complexity index is 311. The van der Waals surface area contributed by atoms with Gasteiger partial charge in [0.25, 0.3) is 0 Å². The van der Waals surface area contributed by atoms with Crippen LogP contribution in [0, 0.1) is 11.8 Å². The molecule has 0 unspecified atom stereocenters. The zero-order valence-corrected chi connectivity index (χ0v) is 10.5. The Morgan fingerprint density at radius 1 is 1.41 bits per heavy atom. The van der Waals surface area contributed by atoms with Crippen LogP contribution in [0.5, 0.6) is 0 Å². The summed E-state index contributed by atoms with van der Waals surface area (Å²) in [5.74, 6) is 0.352. The second-order valence-electron chi connectivity index (χ2n) is 5.20. The van der Waals surface area contributed by atoms with E-state index < -0.39 is 0 Å². The topological polar surface area (TPSA) is 61.4 Å². The Balaban J connectivity index is 2.10. The van der Waals surface area contributed by atoms with Crippen molar-refractivity contribution in [2.75, 3.05) is 26.2 Å². The molecule has 0 spiro atoms. The molecule has 96 valence electrons. The van der Waals surface area contributed by atoms with Gasteiger partial charge in [-0.25, -0.2) is 0 Å². The maximum Gasteiger partial charge on any atom is 0.243 e. The monoisotopic (exact) mass is 239 g/mol. The summed E-state index contributed by atoms with van der Waals surface area (Å²) in [6, 6.07) is -0.295. The lowest BCUT2D eigenvalue weighted by molar-refractivity contribution is -0.147. The predicted molar refractivity (Wildman–Crippen MR) is 64.3 cm³/mol.